The van der Waals surface area contributed by atoms with Crippen molar-refractivity contribution in [2.24, 2.45) is 0 Å². The summed E-state index contributed by atoms with van der Waals surface area (Å²) in [5.41, 5.74) is 8.61. The number of rotatable bonds is 2. The van der Waals surface area contributed by atoms with E-state index in [1.54, 1.807) is 25.6 Å². The van der Waals surface area contributed by atoms with E-state index in [1.165, 1.54) is 0 Å². The van der Waals surface area contributed by atoms with Crippen LogP contribution in [0.5, 0.6) is 5.88 Å². The Kier molecular flexibility index (Phi) is 2.72. The van der Waals surface area contributed by atoms with Gasteiger partial charge in [0.1, 0.15) is 5.82 Å². The first-order valence-corrected chi connectivity index (χ1v) is 4.93. The normalized spacial score (nSPS) is 10.1. The largest absolute Gasteiger partial charge is 0.481 e. The molecule has 0 aliphatic heterocycles. The molecule has 0 saturated carbocycles. The molecule has 0 saturated heterocycles. The molecule has 2 rings (SSSR count). The van der Waals surface area contributed by atoms with Crippen molar-refractivity contribution in [1.82, 2.24) is 9.97 Å². The van der Waals surface area contributed by atoms with E-state index < -0.39 is 0 Å². The molecule has 2 aromatic heterocycles. The van der Waals surface area contributed by atoms with Gasteiger partial charge < -0.3 is 10.5 Å². The smallest absolute Gasteiger partial charge is 0.221 e. The highest BCUT2D eigenvalue weighted by Gasteiger charge is 2.07. The first kappa shape index (κ1) is 10.4. The summed E-state index contributed by atoms with van der Waals surface area (Å²) in [7, 11) is 1.60. The van der Waals surface area contributed by atoms with Crippen molar-refractivity contribution in [3.63, 3.8) is 0 Å². The second-order valence-electron chi connectivity index (χ2n) is 3.54. The van der Waals surface area contributed by atoms with Gasteiger partial charge in [-0.25, -0.2) is 9.97 Å². The van der Waals surface area contributed by atoms with Crippen LogP contribution in [-0.4, -0.2) is 17.1 Å². The topological polar surface area (TPSA) is 61.0 Å². The lowest BCUT2D eigenvalue weighted by Gasteiger charge is -2.08. The highest BCUT2D eigenvalue weighted by molar-refractivity contribution is 5.70. The Morgan fingerprint density at radius 2 is 2.06 bits per heavy atom. The summed E-state index contributed by atoms with van der Waals surface area (Å²) in [5.74, 6) is 1.08. The van der Waals surface area contributed by atoms with Crippen molar-refractivity contribution in [3.8, 4) is 17.0 Å². The summed E-state index contributed by atoms with van der Waals surface area (Å²) >= 11 is 0. The Morgan fingerprint density at radius 1 is 1.25 bits per heavy atom. The van der Waals surface area contributed by atoms with Crippen molar-refractivity contribution in [1.29, 1.82) is 0 Å². The number of hydrogen-bond acceptors (Lipinski definition) is 4. The molecule has 2 aromatic rings. The van der Waals surface area contributed by atoms with Crippen LogP contribution in [0.3, 0.4) is 0 Å². The minimum Gasteiger partial charge on any atom is -0.481 e. The number of aromatic nitrogens is 2. The summed E-state index contributed by atoms with van der Waals surface area (Å²) in [4.78, 5) is 8.18. The molecule has 0 spiro atoms. The SMILES string of the molecule is COc1ncc(C)cc1-c1ccnc(N)c1. The number of methoxy groups -OCH3 is 1. The van der Waals surface area contributed by atoms with E-state index in [0.29, 0.717) is 11.7 Å². The van der Waals surface area contributed by atoms with Crippen LogP contribution >= 0.6 is 0 Å². The van der Waals surface area contributed by atoms with Gasteiger partial charge in [0.25, 0.3) is 0 Å². The minimum absolute atomic E-state index is 0.487. The molecule has 0 aliphatic rings. The highest BCUT2D eigenvalue weighted by Crippen LogP contribution is 2.28. The molecule has 0 bridgehead atoms. The number of pyridine rings is 2. The molecule has 16 heavy (non-hydrogen) atoms. The predicted molar refractivity (Wildman–Crippen MR) is 63.2 cm³/mol. The molecule has 2 heterocycles. The number of nitrogen functional groups attached to an aromatic ring is 1. The molecular formula is C12H13N3O. The van der Waals surface area contributed by atoms with Gasteiger partial charge in [-0.1, -0.05) is 0 Å². The van der Waals surface area contributed by atoms with Crippen molar-refractivity contribution in [2.45, 2.75) is 6.92 Å². The van der Waals surface area contributed by atoms with Gasteiger partial charge in [0.05, 0.1) is 7.11 Å². The van der Waals surface area contributed by atoms with Gasteiger partial charge in [0.2, 0.25) is 5.88 Å². The van der Waals surface area contributed by atoms with Gasteiger partial charge in [-0.15, -0.1) is 0 Å². The molecule has 0 amide bonds. The highest BCUT2D eigenvalue weighted by atomic mass is 16.5. The molecule has 0 radical (unpaired) electrons. The zero-order chi connectivity index (χ0) is 11.5. The van der Waals surface area contributed by atoms with E-state index >= 15 is 0 Å². The van der Waals surface area contributed by atoms with Gasteiger partial charge in [0.15, 0.2) is 0 Å². The molecule has 0 atom stereocenters. The molecule has 2 N–H and O–H groups in total. The molecule has 4 heteroatoms. The third kappa shape index (κ3) is 1.95. The van der Waals surface area contributed by atoms with Gasteiger partial charge in [-0.2, -0.15) is 0 Å². The first-order chi connectivity index (χ1) is 7.70. The van der Waals surface area contributed by atoms with Crippen LogP contribution in [-0.2, 0) is 0 Å². The summed E-state index contributed by atoms with van der Waals surface area (Å²) < 4.78 is 5.22. The molecule has 4 nitrogen and oxygen atoms in total. The molecule has 0 unspecified atom stereocenters. The summed E-state index contributed by atoms with van der Waals surface area (Å²) in [6, 6.07) is 5.70. The maximum Gasteiger partial charge on any atom is 0.221 e. The lowest BCUT2D eigenvalue weighted by atomic mass is 10.1. The van der Waals surface area contributed by atoms with Crippen LogP contribution in [0.1, 0.15) is 5.56 Å². The molecular weight excluding hydrogens is 202 g/mol. The summed E-state index contributed by atoms with van der Waals surface area (Å²) in [5, 5.41) is 0. The summed E-state index contributed by atoms with van der Waals surface area (Å²) in [6.45, 7) is 1.99. The zero-order valence-electron chi connectivity index (χ0n) is 9.27. The van der Waals surface area contributed by atoms with Gasteiger partial charge in [0, 0.05) is 18.0 Å². The Hall–Kier alpha value is -2.10. The van der Waals surface area contributed by atoms with Crippen LogP contribution in [0, 0.1) is 6.92 Å². The Bertz CT molecular complexity index is 511. The van der Waals surface area contributed by atoms with Crippen molar-refractivity contribution < 1.29 is 4.74 Å². The van der Waals surface area contributed by atoms with E-state index in [4.69, 9.17) is 10.5 Å². The van der Waals surface area contributed by atoms with E-state index in [2.05, 4.69) is 9.97 Å². The lowest BCUT2D eigenvalue weighted by Crippen LogP contribution is -1.94. The van der Waals surface area contributed by atoms with E-state index in [-0.39, 0.29) is 0 Å². The number of hydrogen-bond donors (Lipinski definition) is 1. The molecule has 82 valence electrons. The number of aryl methyl sites for hydroxylation is 1. The van der Waals surface area contributed by atoms with E-state index in [1.807, 2.05) is 19.1 Å². The number of ether oxygens (including phenoxy) is 1. The monoisotopic (exact) mass is 215 g/mol. The van der Waals surface area contributed by atoms with Gasteiger partial charge in [-0.05, 0) is 36.2 Å². The summed E-state index contributed by atoms with van der Waals surface area (Å²) in [6.07, 6.45) is 3.44. The maximum atomic E-state index is 5.65. The fourth-order valence-electron chi connectivity index (χ4n) is 1.54. The third-order valence-corrected chi connectivity index (χ3v) is 2.27. The Balaban J connectivity index is 2.58. The Morgan fingerprint density at radius 3 is 2.75 bits per heavy atom. The van der Waals surface area contributed by atoms with Crippen molar-refractivity contribution in [3.05, 3.63) is 36.2 Å². The van der Waals surface area contributed by atoms with E-state index in [0.717, 1.165) is 16.7 Å². The number of nitrogens with two attached hydrogens (primary N) is 1. The minimum atomic E-state index is 0.487. The van der Waals surface area contributed by atoms with Crippen molar-refractivity contribution in [2.75, 3.05) is 12.8 Å². The Labute approximate surface area is 94.1 Å². The van der Waals surface area contributed by atoms with Gasteiger partial charge >= 0.3 is 0 Å². The standard InChI is InChI=1S/C12H13N3O/c1-8-5-10(12(16-2)15-7-8)9-3-4-14-11(13)6-9/h3-7H,1-2H3,(H2,13,14). The van der Waals surface area contributed by atoms with E-state index in [9.17, 15) is 0 Å². The van der Waals surface area contributed by atoms with Crippen LogP contribution in [0.4, 0.5) is 5.82 Å². The quantitative estimate of drug-likeness (QED) is 0.832. The lowest BCUT2D eigenvalue weighted by molar-refractivity contribution is 0.399. The average molecular weight is 215 g/mol. The van der Waals surface area contributed by atoms with Crippen LogP contribution in [0.15, 0.2) is 30.6 Å². The van der Waals surface area contributed by atoms with Crippen LogP contribution in [0.25, 0.3) is 11.1 Å². The van der Waals surface area contributed by atoms with Crippen LogP contribution < -0.4 is 10.5 Å². The second-order valence-corrected chi connectivity index (χ2v) is 3.54. The van der Waals surface area contributed by atoms with Crippen LogP contribution in [0.2, 0.25) is 0 Å². The first-order valence-electron chi connectivity index (χ1n) is 4.93. The fourth-order valence-corrected chi connectivity index (χ4v) is 1.54. The zero-order valence-corrected chi connectivity index (χ0v) is 9.27. The van der Waals surface area contributed by atoms with Gasteiger partial charge in [-0.3, -0.25) is 0 Å². The molecule has 0 aliphatic carbocycles. The fraction of sp³-hybridized carbons (Fsp3) is 0.167. The third-order valence-electron chi connectivity index (χ3n) is 2.27. The maximum absolute atomic E-state index is 5.65. The average Bonchev–Trinajstić information content (AvgIpc) is 2.29. The van der Waals surface area contributed by atoms with Crippen molar-refractivity contribution >= 4 is 5.82 Å². The number of anilines is 1. The number of nitrogens with zero attached hydrogens (tertiary/aromatic N) is 2. The second kappa shape index (κ2) is 4.18. The predicted octanol–water partition coefficient (Wildman–Crippen LogP) is 2.04. The molecule has 0 fully saturated rings. The molecule has 0 aromatic carbocycles.